The Balaban J connectivity index is 1.29. The number of carbonyl (C=O) groups is 2. The number of carbonyl (C=O) groups excluding carboxylic acids is 2. The standard InChI is InChI=1S/C23H23BrN4O4/c1-15-12-20(16(2)31-15)22(29)27-8-10-28(11-9-27)23(30)26-18-6-7-21(25-14-18)32-19-5-3-4-17(24)13-19/h3-7,12-14H,8-11H2,1-2H3,(H,26,30). The molecule has 0 atom stereocenters. The summed E-state index contributed by atoms with van der Waals surface area (Å²) in [5, 5.41) is 2.84. The van der Waals surface area contributed by atoms with Crippen LogP contribution in [0.4, 0.5) is 10.5 Å². The van der Waals surface area contributed by atoms with Crippen LogP contribution >= 0.6 is 15.9 Å². The summed E-state index contributed by atoms with van der Waals surface area (Å²) in [5.74, 6) is 2.36. The highest BCUT2D eigenvalue weighted by molar-refractivity contribution is 9.10. The fraction of sp³-hybridized carbons (Fsp3) is 0.261. The predicted molar refractivity (Wildman–Crippen MR) is 123 cm³/mol. The highest BCUT2D eigenvalue weighted by Gasteiger charge is 2.26. The van der Waals surface area contributed by atoms with Crippen molar-refractivity contribution in [1.82, 2.24) is 14.8 Å². The van der Waals surface area contributed by atoms with Crippen LogP contribution in [0.2, 0.25) is 0 Å². The van der Waals surface area contributed by atoms with Gasteiger partial charge in [0.2, 0.25) is 5.88 Å². The Morgan fingerprint density at radius 2 is 1.81 bits per heavy atom. The SMILES string of the molecule is Cc1cc(C(=O)N2CCN(C(=O)Nc3ccc(Oc4cccc(Br)c4)nc3)CC2)c(C)o1. The highest BCUT2D eigenvalue weighted by atomic mass is 79.9. The second-order valence-electron chi connectivity index (χ2n) is 7.48. The molecule has 2 aromatic heterocycles. The van der Waals surface area contributed by atoms with Gasteiger partial charge in [0.25, 0.3) is 5.91 Å². The Hall–Kier alpha value is -3.33. The van der Waals surface area contributed by atoms with Crippen LogP contribution in [0.25, 0.3) is 0 Å². The molecule has 9 heteroatoms. The smallest absolute Gasteiger partial charge is 0.322 e. The van der Waals surface area contributed by atoms with Crippen LogP contribution in [0.5, 0.6) is 11.6 Å². The van der Waals surface area contributed by atoms with Crippen molar-refractivity contribution in [3.8, 4) is 11.6 Å². The van der Waals surface area contributed by atoms with Crippen LogP contribution in [-0.4, -0.2) is 52.9 Å². The summed E-state index contributed by atoms with van der Waals surface area (Å²) in [7, 11) is 0. The van der Waals surface area contributed by atoms with E-state index in [0.29, 0.717) is 60.6 Å². The summed E-state index contributed by atoms with van der Waals surface area (Å²) < 4.78 is 12.1. The molecule has 1 N–H and O–H groups in total. The lowest BCUT2D eigenvalue weighted by Crippen LogP contribution is -2.51. The number of rotatable bonds is 4. The second-order valence-corrected chi connectivity index (χ2v) is 8.40. The van der Waals surface area contributed by atoms with Crippen LogP contribution in [0, 0.1) is 13.8 Å². The number of ether oxygens (including phenoxy) is 1. The Labute approximate surface area is 194 Å². The first kappa shape index (κ1) is 21.9. The summed E-state index contributed by atoms with van der Waals surface area (Å²) in [5.41, 5.74) is 1.15. The number of nitrogens with one attached hydrogen (secondary N) is 1. The van der Waals surface area contributed by atoms with Gasteiger partial charge in [-0.25, -0.2) is 9.78 Å². The Morgan fingerprint density at radius 1 is 1.06 bits per heavy atom. The van der Waals surface area contributed by atoms with Gasteiger partial charge in [0.1, 0.15) is 17.3 Å². The zero-order valence-corrected chi connectivity index (χ0v) is 19.4. The minimum absolute atomic E-state index is 0.0651. The number of benzene rings is 1. The minimum atomic E-state index is -0.227. The zero-order chi connectivity index (χ0) is 22.7. The molecule has 3 heterocycles. The fourth-order valence-corrected chi connectivity index (χ4v) is 3.87. The average molecular weight is 499 g/mol. The van der Waals surface area contributed by atoms with Crippen molar-refractivity contribution >= 4 is 33.6 Å². The molecule has 8 nitrogen and oxygen atoms in total. The molecule has 32 heavy (non-hydrogen) atoms. The summed E-state index contributed by atoms with van der Waals surface area (Å²) in [6.07, 6.45) is 1.55. The number of furan rings is 1. The molecule has 1 aliphatic rings. The maximum atomic E-state index is 12.7. The molecular formula is C23H23BrN4O4. The van der Waals surface area contributed by atoms with E-state index in [1.54, 1.807) is 41.1 Å². The number of halogens is 1. The molecular weight excluding hydrogens is 476 g/mol. The number of hydrogen-bond acceptors (Lipinski definition) is 5. The average Bonchev–Trinajstić information content (AvgIpc) is 3.12. The van der Waals surface area contributed by atoms with Gasteiger partial charge in [-0.15, -0.1) is 0 Å². The molecule has 3 aromatic rings. The zero-order valence-electron chi connectivity index (χ0n) is 17.8. The van der Waals surface area contributed by atoms with Gasteiger partial charge in [-0.05, 0) is 44.2 Å². The number of anilines is 1. The number of nitrogens with zero attached hydrogens (tertiary/aromatic N) is 3. The predicted octanol–water partition coefficient (Wildman–Crippen LogP) is 4.84. The number of amides is 3. The van der Waals surface area contributed by atoms with Gasteiger partial charge in [-0.1, -0.05) is 22.0 Å². The Morgan fingerprint density at radius 3 is 2.44 bits per heavy atom. The molecule has 3 amide bonds. The summed E-state index contributed by atoms with van der Waals surface area (Å²) in [4.78, 5) is 33.0. The lowest BCUT2D eigenvalue weighted by Gasteiger charge is -2.34. The second kappa shape index (κ2) is 9.44. The van der Waals surface area contributed by atoms with E-state index in [-0.39, 0.29) is 11.9 Å². The van der Waals surface area contributed by atoms with Crippen molar-refractivity contribution in [2.24, 2.45) is 0 Å². The van der Waals surface area contributed by atoms with Gasteiger partial charge in [0.05, 0.1) is 17.4 Å². The van der Waals surface area contributed by atoms with E-state index < -0.39 is 0 Å². The maximum absolute atomic E-state index is 12.7. The first-order valence-corrected chi connectivity index (χ1v) is 11.0. The third kappa shape index (κ3) is 5.11. The molecule has 0 unspecified atom stereocenters. The molecule has 0 saturated carbocycles. The lowest BCUT2D eigenvalue weighted by molar-refractivity contribution is 0.0670. The largest absolute Gasteiger partial charge is 0.466 e. The molecule has 0 aliphatic carbocycles. The van der Waals surface area contributed by atoms with E-state index in [9.17, 15) is 9.59 Å². The van der Waals surface area contributed by atoms with Gasteiger partial charge in [0.15, 0.2) is 0 Å². The highest BCUT2D eigenvalue weighted by Crippen LogP contribution is 2.24. The summed E-state index contributed by atoms with van der Waals surface area (Å²) in [6.45, 7) is 5.43. The number of aromatic nitrogens is 1. The van der Waals surface area contributed by atoms with E-state index in [0.717, 1.165) is 4.47 Å². The van der Waals surface area contributed by atoms with E-state index in [1.807, 2.05) is 31.2 Å². The van der Waals surface area contributed by atoms with Gasteiger partial charge >= 0.3 is 6.03 Å². The van der Waals surface area contributed by atoms with Crippen LogP contribution in [-0.2, 0) is 0 Å². The molecule has 1 aromatic carbocycles. The third-order valence-corrected chi connectivity index (χ3v) is 5.62. The Kier molecular flexibility index (Phi) is 6.45. The topological polar surface area (TPSA) is 87.9 Å². The first-order chi connectivity index (χ1) is 15.4. The van der Waals surface area contributed by atoms with Crippen molar-refractivity contribution in [3.05, 3.63) is 70.2 Å². The van der Waals surface area contributed by atoms with Crippen LogP contribution < -0.4 is 10.1 Å². The molecule has 166 valence electrons. The van der Waals surface area contributed by atoms with E-state index in [2.05, 4.69) is 26.2 Å². The lowest BCUT2D eigenvalue weighted by atomic mass is 10.2. The third-order valence-electron chi connectivity index (χ3n) is 5.13. The maximum Gasteiger partial charge on any atom is 0.322 e. The van der Waals surface area contributed by atoms with Crippen molar-refractivity contribution in [1.29, 1.82) is 0 Å². The Bertz CT molecular complexity index is 1120. The van der Waals surface area contributed by atoms with Crippen LogP contribution in [0.3, 0.4) is 0 Å². The molecule has 1 fully saturated rings. The molecule has 0 spiro atoms. The number of urea groups is 1. The normalized spacial score (nSPS) is 13.7. The van der Waals surface area contributed by atoms with E-state index >= 15 is 0 Å². The number of aryl methyl sites for hydroxylation is 2. The number of piperazine rings is 1. The quantitative estimate of drug-likeness (QED) is 0.556. The van der Waals surface area contributed by atoms with Crippen LogP contribution in [0.1, 0.15) is 21.9 Å². The minimum Gasteiger partial charge on any atom is -0.466 e. The molecule has 1 saturated heterocycles. The van der Waals surface area contributed by atoms with Crippen molar-refractivity contribution in [2.45, 2.75) is 13.8 Å². The molecule has 0 radical (unpaired) electrons. The van der Waals surface area contributed by atoms with E-state index in [1.165, 1.54) is 0 Å². The number of pyridine rings is 1. The van der Waals surface area contributed by atoms with Gasteiger partial charge < -0.3 is 24.3 Å². The fourth-order valence-electron chi connectivity index (χ4n) is 3.49. The van der Waals surface area contributed by atoms with E-state index in [4.69, 9.17) is 9.15 Å². The summed E-state index contributed by atoms with van der Waals surface area (Å²) >= 11 is 3.40. The van der Waals surface area contributed by atoms with Crippen molar-refractivity contribution < 1.29 is 18.7 Å². The first-order valence-electron chi connectivity index (χ1n) is 10.2. The molecule has 4 rings (SSSR count). The van der Waals surface area contributed by atoms with Gasteiger partial charge in [-0.2, -0.15) is 0 Å². The monoisotopic (exact) mass is 498 g/mol. The molecule has 0 bridgehead atoms. The number of hydrogen-bond donors (Lipinski definition) is 1. The summed E-state index contributed by atoms with van der Waals surface area (Å²) in [6, 6.07) is 12.4. The van der Waals surface area contributed by atoms with Gasteiger partial charge in [0, 0.05) is 36.7 Å². The molecule has 1 aliphatic heterocycles. The van der Waals surface area contributed by atoms with Gasteiger partial charge in [-0.3, -0.25) is 4.79 Å². The van der Waals surface area contributed by atoms with Crippen molar-refractivity contribution in [2.75, 3.05) is 31.5 Å². The van der Waals surface area contributed by atoms with Crippen molar-refractivity contribution in [3.63, 3.8) is 0 Å². The van der Waals surface area contributed by atoms with Crippen LogP contribution in [0.15, 0.2) is 57.6 Å².